The molecule has 1 radical (unpaired) electrons. The topological polar surface area (TPSA) is 9.23 Å². The van der Waals surface area contributed by atoms with Gasteiger partial charge >= 0.3 is 0 Å². The van der Waals surface area contributed by atoms with Gasteiger partial charge in [0.25, 0.3) is 0 Å². The van der Waals surface area contributed by atoms with E-state index in [9.17, 15) is 8.78 Å². The molecule has 1 nitrogen and oxygen atoms in total. The maximum absolute atomic E-state index is 14.0. The van der Waals surface area contributed by atoms with Gasteiger partial charge in [-0.25, -0.2) is 8.78 Å². The van der Waals surface area contributed by atoms with Crippen molar-refractivity contribution in [3.8, 4) is 16.9 Å². The minimum absolute atomic E-state index is 0.106. The molecule has 2 rings (SSSR count). The summed E-state index contributed by atoms with van der Waals surface area (Å²) in [5.74, 6) is -1.36. The molecular formula is C15H10ClF2O. The lowest BCUT2D eigenvalue weighted by molar-refractivity contribution is 0.358. The first-order valence-electron chi connectivity index (χ1n) is 5.52. The highest BCUT2D eigenvalue weighted by molar-refractivity contribution is 6.33. The number of halogens is 3. The predicted octanol–water partition coefficient (Wildman–Crippen LogP) is 4.65. The largest absolute Gasteiger partial charge is 0.489 e. The zero-order valence-electron chi connectivity index (χ0n) is 9.92. The van der Waals surface area contributed by atoms with Crippen molar-refractivity contribution < 1.29 is 13.5 Å². The summed E-state index contributed by atoms with van der Waals surface area (Å²) < 4.78 is 33.1. The van der Waals surface area contributed by atoms with Crippen LogP contribution in [0.3, 0.4) is 0 Å². The highest BCUT2D eigenvalue weighted by Gasteiger charge is 2.16. The molecule has 0 aliphatic rings. The molecule has 0 fully saturated rings. The maximum atomic E-state index is 14.0. The van der Waals surface area contributed by atoms with Crippen LogP contribution in [0.1, 0.15) is 0 Å². The number of hydrogen-bond acceptors (Lipinski definition) is 1. The van der Waals surface area contributed by atoms with Crippen LogP contribution in [-0.4, -0.2) is 6.61 Å². The van der Waals surface area contributed by atoms with Gasteiger partial charge in [-0.05, 0) is 0 Å². The Labute approximate surface area is 115 Å². The molecule has 2 aromatic carbocycles. The van der Waals surface area contributed by atoms with Crippen molar-refractivity contribution in [2.24, 2.45) is 0 Å². The van der Waals surface area contributed by atoms with Gasteiger partial charge in [0.2, 0.25) is 0 Å². The van der Waals surface area contributed by atoms with E-state index < -0.39 is 11.6 Å². The van der Waals surface area contributed by atoms with Gasteiger partial charge < -0.3 is 4.74 Å². The Morgan fingerprint density at radius 2 is 2.00 bits per heavy atom. The third-order valence-electron chi connectivity index (χ3n) is 2.46. The van der Waals surface area contributed by atoms with Crippen molar-refractivity contribution in [2.75, 3.05) is 6.61 Å². The molecule has 0 N–H and O–H groups in total. The first-order valence-corrected chi connectivity index (χ1v) is 5.90. The molecule has 0 amide bonds. The molecule has 0 atom stereocenters. The van der Waals surface area contributed by atoms with Crippen molar-refractivity contribution in [2.45, 2.75) is 0 Å². The molecule has 0 aliphatic carbocycles. The number of ether oxygens (including phenoxy) is 1. The summed E-state index contributed by atoms with van der Waals surface area (Å²) in [6, 6.07) is 9.64. The molecule has 0 bridgehead atoms. The number of hydrogen-bond donors (Lipinski definition) is 0. The molecule has 0 saturated heterocycles. The third-order valence-corrected chi connectivity index (χ3v) is 2.77. The molecule has 97 valence electrons. The zero-order valence-corrected chi connectivity index (χ0v) is 10.7. The van der Waals surface area contributed by atoms with E-state index in [-0.39, 0.29) is 28.5 Å². The van der Waals surface area contributed by atoms with Crippen LogP contribution in [0.2, 0.25) is 5.02 Å². The number of rotatable bonds is 4. The Hall–Kier alpha value is -1.87. The van der Waals surface area contributed by atoms with Gasteiger partial charge in [0.05, 0.1) is 10.6 Å². The fourth-order valence-electron chi connectivity index (χ4n) is 1.66. The van der Waals surface area contributed by atoms with E-state index in [4.69, 9.17) is 16.3 Å². The first kappa shape index (κ1) is 13.6. The van der Waals surface area contributed by atoms with Gasteiger partial charge in [0.1, 0.15) is 24.0 Å². The molecule has 0 heterocycles. The van der Waals surface area contributed by atoms with Gasteiger partial charge in [-0.3, -0.25) is 0 Å². The Morgan fingerprint density at radius 3 is 2.58 bits per heavy atom. The first-order chi connectivity index (χ1) is 9.13. The lowest BCUT2D eigenvalue weighted by Gasteiger charge is -2.10. The molecular weight excluding hydrogens is 270 g/mol. The summed E-state index contributed by atoms with van der Waals surface area (Å²) in [4.78, 5) is 0. The van der Waals surface area contributed by atoms with Crippen molar-refractivity contribution in [3.63, 3.8) is 0 Å². The van der Waals surface area contributed by atoms with Crippen LogP contribution in [0, 0.1) is 17.7 Å². The van der Waals surface area contributed by atoms with E-state index in [1.807, 2.05) is 0 Å². The average Bonchev–Trinajstić information content (AvgIpc) is 2.38. The summed E-state index contributed by atoms with van der Waals surface area (Å²) in [6.07, 6.45) is 1.49. The van der Waals surface area contributed by atoms with E-state index in [0.717, 1.165) is 12.1 Å². The second-order valence-corrected chi connectivity index (χ2v) is 4.14. The lowest BCUT2D eigenvalue weighted by Crippen LogP contribution is -1.97. The van der Waals surface area contributed by atoms with E-state index in [1.165, 1.54) is 12.1 Å². The standard InChI is InChI=1S/C15H10ClF2O/c1-2-7-19-10-8-13(17)15(14(18)9-10)11-5-3-4-6-12(11)16/h2-5,8-9H,1,7H2. The van der Waals surface area contributed by atoms with Crippen molar-refractivity contribution in [1.82, 2.24) is 0 Å². The second kappa shape index (κ2) is 5.85. The van der Waals surface area contributed by atoms with Crippen LogP contribution < -0.4 is 4.74 Å². The fraction of sp³-hybridized carbons (Fsp3) is 0.0667. The minimum atomic E-state index is -0.736. The molecule has 0 aromatic heterocycles. The van der Waals surface area contributed by atoms with Crippen LogP contribution in [0.25, 0.3) is 11.1 Å². The fourth-order valence-corrected chi connectivity index (χ4v) is 1.88. The highest BCUT2D eigenvalue weighted by atomic mass is 35.5. The zero-order chi connectivity index (χ0) is 13.8. The van der Waals surface area contributed by atoms with Crippen LogP contribution in [-0.2, 0) is 0 Å². The lowest BCUT2D eigenvalue weighted by atomic mass is 10.0. The molecule has 2 aromatic rings. The predicted molar refractivity (Wildman–Crippen MR) is 71.3 cm³/mol. The smallest absolute Gasteiger partial charge is 0.137 e. The summed E-state index contributed by atoms with van der Waals surface area (Å²) in [5.41, 5.74) is 0.0715. The van der Waals surface area contributed by atoms with Gasteiger partial charge in [0, 0.05) is 23.8 Å². The quantitative estimate of drug-likeness (QED) is 0.740. The Morgan fingerprint density at radius 1 is 1.32 bits per heavy atom. The van der Waals surface area contributed by atoms with Crippen LogP contribution >= 0.6 is 11.6 Å². The maximum Gasteiger partial charge on any atom is 0.137 e. The van der Waals surface area contributed by atoms with E-state index in [0.29, 0.717) is 0 Å². The van der Waals surface area contributed by atoms with Gasteiger partial charge in [-0.2, -0.15) is 0 Å². The Bertz CT molecular complexity index is 588. The molecule has 0 saturated carbocycles. The summed E-state index contributed by atoms with van der Waals surface area (Å²) >= 11 is 5.89. The molecule has 0 unspecified atom stereocenters. The minimum Gasteiger partial charge on any atom is -0.489 e. The Kier molecular flexibility index (Phi) is 4.17. The van der Waals surface area contributed by atoms with Gasteiger partial charge in [-0.1, -0.05) is 42.5 Å². The van der Waals surface area contributed by atoms with E-state index >= 15 is 0 Å². The average molecular weight is 280 g/mol. The van der Waals surface area contributed by atoms with Crippen molar-refractivity contribution in [1.29, 1.82) is 0 Å². The summed E-state index contributed by atoms with van der Waals surface area (Å²) in [7, 11) is 0. The van der Waals surface area contributed by atoms with E-state index in [1.54, 1.807) is 12.1 Å². The van der Waals surface area contributed by atoms with E-state index in [2.05, 4.69) is 12.6 Å². The molecule has 19 heavy (non-hydrogen) atoms. The molecule has 0 spiro atoms. The highest BCUT2D eigenvalue weighted by Crippen LogP contribution is 2.33. The van der Waals surface area contributed by atoms with Crippen LogP contribution in [0.4, 0.5) is 8.78 Å². The molecule has 0 aliphatic heterocycles. The van der Waals surface area contributed by atoms with Gasteiger partial charge in [-0.15, -0.1) is 0 Å². The number of benzene rings is 2. The molecule has 4 heteroatoms. The summed E-state index contributed by atoms with van der Waals surface area (Å²) in [5, 5.41) is 0.167. The van der Waals surface area contributed by atoms with Gasteiger partial charge in [0.15, 0.2) is 0 Å². The summed E-state index contributed by atoms with van der Waals surface area (Å²) in [6.45, 7) is 3.64. The normalized spacial score (nSPS) is 10.3. The van der Waals surface area contributed by atoms with Crippen LogP contribution in [0.15, 0.2) is 43.0 Å². The SMILES string of the molecule is C=CCOc1cc(F)c(-c2ccc[c]c2Cl)c(F)c1. The van der Waals surface area contributed by atoms with Crippen molar-refractivity contribution in [3.05, 3.63) is 65.7 Å². The monoisotopic (exact) mass is 279 g/mol. The second-order valence-electron chi connectivity index (χ2n) is 3.76. The van der Waals surface area contributed by atoms with Crippen molar-refractivity contribution >= 4 is 11.6 Å². The van der Waals surface area contributed by atoms with Crippen LogP contribution in [0.5, 0.6) is 5.75 Å². The third kappa shape index (κ3) is 2.93. The Balaban J connectivity index is 2.48.